The summed E-state index contributed by atoms with van der Waals surface area (Å²) in [6, 6.07) is 6.29. The molecule has 23 heavy (non-hydrogen) atoms. The summed E-state index contributed by atoms with van der Waals surface area (Å²) in [7, 11) is 0. The molecule has 4 nitrogen and oxygen atoms in total. The van der Waals surface area contributed by atoms with Gasteiger partial charge in [-0.1, -0.05) is 12.1 Å². The minimum Gasteiger partial charge on any atom is -0.331 e. The van der Waals surface area contributed by atoms with Crippen molar-refractivity contribution in [2.75, 3.05) is 13.1 Å². The van der Waals surface area contributed by atoms with E-state index in [4.69, 9.17) is 5.26 Å². The van der Waals surface area contributed by atoms with Gasteiger partial charge in [0.15, 0.2) is 0 Å². The number of nitrogens with one attached hydrogen (secondary N) is 1. The van der Waals surface area contributed by atoms with Crippen LogP contribution >= 0.6 is 0 Å². The van der Waals surface area contributed by atoms with Crippen molar-refractivity contribution in [3.8, 4) is 6.07 Å². The molecule has 124 valence electrons. The van der Waals surface area contributed by atoms with Gasteiger partial charge in [0.2, 0.25) is 0 Å². The Kier molecular flexibility index (Phi) is 5.14. The summed E-state index contributed by atoms with van der Waals surface area (Å²) in [5.74, 6) is -0.0278. The first kappa shape index (κ1) is 17.1. The molecule has 0 spiro atoms. The summed E-state index contributed by atoms with van der Waals surface area (Å²) in [4.78, 5) is 13.8. The van der Waals surface area contributed by atoms with Crippen molar-refractivity contribution < 1.29 is 18.0 Å². The lowest BCUT2D eigenvalue weighted by atomic mass is 9.99. The molecule has 0 saturated carbocycles. The number of urea groups is 1. The fraction of sp³-hybridized carbons (Fsp3) is 0.500. The molecule has 0 unspecified atom stereocenters. The number of hydrogen-bond acceptors (Lipinski definition) is 2. The minimum atomic E-state index is -4.40. The van der Waals surface area contributed by atoms with Crippen molar-refractivity contribution in [3.05, 3.63) is 35.4 Å². The van der Waals surface area contributed by atoms with E-state index >= 15 is 0 Å². The second-order valence-electron chi connectivity index (χ2n) is 5.68. The fourth-order valence-corrected chi connectivity index (χ4v) is 2.56. The molecule has 1 N–H and O–H groups in total. The smallest absolute Gasteiger partial charge is 0.331 e. The Hall–Kier alpha value is -2.23. The second-order valence-corrected chi connectivity index (χ2v) is 5.68. The number of amides is 2. The van der Waals surface area contributed by atoms with Crippen LogP contribution in [0.25, 0.3) is 0 Å². The van der Waals surface area contributed by atoms with E-state index in [1.54, 1.807) is 17.9 Å². The molecule has 0 aromatic heterocycles. The van der Waals surface area contributed by atoms with E-state index in [1.165, 1.54) is 6.07 Å². The van der Waals surface area contributed by atoms with Gasteiger partial charge in [0.1, 0.15) is 0 Å². The molecule has 0 aliphatic carbocycles. The van der Waals surface area contributed by atoms with Crippen LogP contribution in [0.15, 0.2) is 24.3 Å². The van der Waals surface area contributed by atoms with Crippen LogP contribution in [0.2, 0.25) is 0 Å². The predicted molar refractivity (Wildman–Crippen MR) is 78.3 cm³/mol. The molecular formula is C16H18F3N3O. The maximum atomic E-state index is 12.7. The van der Waals surface area contributed by atoms with Crippen LogP contribution in [-0.2, 0) is 6.18 Å². The first-order valence-corrected chi connectivity index (χ1v) is 7.43. The van der Waals surface area contributed by atoms with Gasteiger partial charge in [0, 0.05) is 19.0 Å². The summed E-state index contributed by atoms with van der Waals surface area (Å²) in [5, 5.41) is 11.6. The van der Waals surface area contributed by atoms with Crippen molar-refractivity contribution in [3.63, 3.8) is 0 Å². The van der Waals surface area contributed by atoms with Crippen LogP contribution < -0.4 is 5.32 Å². The van der Waals surface area contributed by atoms with Crippen LogP contribution in [0.4, 0.5) is 18.0 Å². The monoisotopic (exact) mass is 325 g/mol. The van der Waals surface area contributed by atoms with E-state index in [0.717, 1.165) is 12.1 Å². The van der Waals surface area contributed by atoms with Crippen molar-refractivity contribution >= 4 is 6.03 Å². The highest BCUT2D eigenvalue weighted by atomic mass is 19.4. The predicted octanol–water partition coefficient (Wildman–Crippen LogP) is 3.71. The molecule has 1 aliphatic rings. The van der Waals surface area contributed by atoms with Gasteiger partial charge >= 0.3 is 12.2 Å². The van der Waals surface area contributed by atoms with Gasteiger partial charge in [0.25, 0.3) is 0 Å². The Bertz CT molecular complexity index is 601. The molecule has 1 aromatic carbocycles. The van der Waals surface area contributed by atoms with Gasteiger partial charge in [0.05, 0.1) is 17.7 Å². The fourth-order valence-electron chi connectivity index (χ4n) is 2.56. The molecule has 1 fully saturated rings. The van der Waals surface area contributed by atoms with E-state index in [-0.39, 0.29) is 11.9 Å². The summed E-state index contributed by atoms with van der Waals surface area (Å²) in [6.45, 7) is 2.62. The molecule has 1 aromatic rings. The molecule has 1 atom stereocenters. The largest absolute Gasteiger partial charge is 0.416 e. The third kappa shape index (κ3) is 4.38. The average Bonchev–Trinajstić information content (AvgIpc) is 2.54. The molecule has 1 heterocycles. The van der Waals surface area contributed by atoms with E-state index in [9.17, 15) is 18.0 Å². The van der Waals surface area contributed by atoms with Crippen molar-refractivity contribution in [1.29, 1.82) is 5.26 Å². The number of piperidine rings is 1. The maximum Gasteiger partial charge on any atom is 0.416 e. The van der Waals surface area contributed by atoms with Gasteiger partial charge < -0.3 is 10.2 Å². The molecule has 0 bridgehead atoms. The summed E-state index contributed by atoms with van der Waals surface area (Å²) in [5.41, 5.74) is -0.328. The number of hydrogen-bond donors (Lipinski definition) is 1. The first-order valence-electron chi connectivity index (χ1n) is 7.43. The molecular weight excluding hydrogens is 307 g/mol. The highest BCUT2D eigenvalue weighted by molar-refractivity contribution is 5.74. The zero-order chi connectivity index (χ0) is 17.0. The zero-order valence-electron chi connectivity index (χ0n) is 12.7. The highest BCUT2D eigenvalue weighted by Crippen LogP contribution is 2.30. The van der Waals surface area contributed by atoms with E-state index in [2.05, 4.69) is 11.4 Å². The SMILES string of the molecule is C[C@@H](NC(=O)N1CCC(C#N)CC1)c1cccc(C(F)(F)F)c1. The molecule has 1 saturated heterocycles. The second kappa shape index (κ2) is 6.90. The lowest BCUT2D eigenvalue weighted by Crippen LogP contribution is -2.45. The number of nitriles is 1. The molecule has 2 amide bonds. The van der Waals surface area contributed by atoms with E-state index in [0.29, 0.717) is 31.5 Å². The number of benzene rings is 1. The lowest BCUT2D eigenvalue weighted by molar-refractivity contribution is -0.137. The van der Waals surface area contributed by atoms with Gasteiger partial charge in [-0.2, -0.15) is 18.4 Å². The lowest BCUT2D eigenvalue weighted by Gasteiger charge is -2.30. The number of rotatable bonds is 2. The van der Waals surface area contributed by atoms with Crippen LogP contribution in [0.3, 0.4) is 0 Å². The summed E-state index contributed by atoms with van der Waals surface area (Å²) >= 11 is 0. The number of carbonyl (C=O) groups excluding carboxylic acids is 1. The quantitative estimate of drug-likeness (QED) is 0.901. The molecule has 2 rings (SSSR count). The number of carbonyl (C=O) groups is 1. The van der Waals surface area contributed by atoms with Crippen LogP contribution in [0, 0.1) is 17.2 Å². The van der Waals surface area contributed by atoms with E-state index < -0.39 is 17.8 Å². The number of likely N-dealkylation sites (tertiary alicyclic amines) is 1. The van der Waals surface area contributed by atoms with E-state index in [1.807, 2.05) is 0 Å². The van der Waals surface area contributed by atoms with Gasteiger partial charge in [-0.05, 0) is 37.5 Å². The average molecular weight is 325 g/mol. The summed E-state index contributed by atoms with van der Waals surface area (Å²) in [6.07, 6.45) is -3.15. The normalized spacial score (nSPS) is 17.4. The van der Waals surface area contributed by atoms with Crippen molar-refractivity contribution in [2.24, 2.45) is 5.92 Å². The van der Waals surface area contributed by atoms with Crippen LogP contribution in [0.1, 0.15) is 36.9 Å². The number of alkyl halides is 3. The summed E-state index contributed by atoms with van der Waals surface area (Å²) < 4.78 is 38.2. The maximum absolute atomic E-state index is 12.7. The van der Waals surface area contributed by atoms with Crippen molar-refractivity contribution in [2.45, 2.75) is 32.0 Å². The zero-order valence-corrected chi connectivity index (χ0v) is 12.7. The Morgan fingerprint density at radius 3 is 2.61 bits per heavy atom. The molecule has 0 radical (unpaired) electrons. The Morgan fingerprint density at radius 2 is 2.04 bits per heavy atom. The number of nitrogens with zero attached hydrogens (tertiary/aromatic N) is 2. The van der Waals surface area contributed by atoms with Crippen LogP contribution in [-0.4, -0.2) is 24.0 Å². The van der Waals surface area contributed by atoms with Gasteiger partial charge in [-0.25, -0.2) is 4.79 Å². The first-order chi connectivity index (χ1) is 10.8. The Labute approximate surface area is 132 Å². The minimum absolute atomic E-state index is 0.0278. The highest BCUT2D eigenvalue weighted by Gasteiger charge is 2.31. The number of halogens is 3. The van der Waals surface area contributed by atoms with Crippen LogP contribution in [0.5, 0.6) is 0 Å². The van der Waals surface area contributed by atoms with Crippen molar-refractivity contribution in [1.82, 2.24) is 10.2 Å². The Balaban J connectivity index is 1.98. The van der Waals surface area contributed by atoms with Gasteiger partial charge in [-0.3, -0.25) is 0 Å². The Morgan fingerprint density at radius 1 is 1.39 bits per heavy atom. The topological polar surface area (TPSA) is 56.1 Å². The standard InChI is InChI=1S/C16H18F3N3O/c1-11(13-3-2-4-14(9-13)16(17,18)19)21-15(23)22-7-5-12(10-20)6-8-22/h2-4,9,11-12H,5-8H2,1H3,(H,21,23)/t11-/m1/s1. The third-order valence-corrected chi connectivity index (χ3v) is 4.02. The molecule has 1 aliphatic heterocycles. The molecule has 7 heteroatoms. The third-order valence-electron chi connectivity index (χ3n) is 4.02. The van der Waals surface area contributed by atoms with Gasteiger partial charge in [-0.15, -0.1) is 0 Å².